The summed E-state index contributed by atoms with van der Waals surface area (Å²) in [5, 5.41) is 11.9. The zero-order chi connectivity index (χ0) is 12.5. The van der Waals surface area contributed by atoms with E-state index in [0.717, 1.165) is 6.42 Å². The minimum atomic E-state index is -0.433. The maximum atomic E-state index is 14.0. The van der Waals surface area contributed by atoms with Crippen LogP contribution in [0.25, 0.3) is 0 Å². The monoisotopic (exact) mass is 298 g/mol. The highest BCUT2D eigenvalue weighted by molar-refractivity contribution is 9.10. The lowest BCUT2D eigenvalue weighted by Gasteiger charge is -2.25. The van der Waals surface area contributed by atoms with Crippen molar-refractivity contribution in [2.45, 2.75) is 18.9 Å². The van der Waals surface area contributed by atoms with Gasteiger partial charge in [0.25, 0.3) is 0 Å². The smallest absolute Gasteiger partial charge is 0.161 e. The van der Waals surface area contributed by atoms with Crippen LogP contribution in [0.2, 0.25) is 0 Å². The third kappa shape index (κ3) is 2.43. The molecule has 2 rings (SSSR count). The van der Waals surface area contributed by atoms with E-state index in [0.29, 0.717) is 24.5 Å². The van der Waals surface area contributed by atoms with Crippen molar-refractivity contribution in [2.24, 2.45) is 0 Å². The summed E-state index contributed by atoms with van der Waals surface area (Å²) < 4.78 is 19.5. The van der Waals surface area contributed by atoms with Crippen molar-refractivity contribution in [1.29, 1.82) is 5.26 Å². The number of anilines is 1. The summed E-state index contributed by atoms with van der Waals surface area (Å²) in [6, 6.07) is 5.10. The Morgan fingerprint density at radius 1 is 1.59 bits per heavy atom. The normalized spacial score (nSPS) is 23.4. The molecule has 1 aliphatic rings. The fourth-order valence-electron chi connectivity index (χ4n) is 1.82. The van der Waals surface area contributed by atoms with Gasteiger partial charge in [-0.3, -0.25) is 0 Å². The van der Waals surface area contributed by atoms with E-state index in [2.05, 4.69) is 21.2 Å². The Hall–Kier alpha value is -1.12. The molecule has 0 amide bonds. The minimum Gasteiger partial charge on any atom is -0.379 e. The van der Waals surface area contributed by atoms with Crippen molar-refractivity contribution in [3.8, 4) is 6.07 Å². The highest BCUT2D eigenvalue weighted by Crippen LogP contribution is 2.30. The first-order valence-corrected chi connectivity index (χ1v) is 6.09. The second kappa shape index (κ2) is 4.63. The molecule has 1 fully saturated rings. The largest absolute Gasteiger partial charge is 0.379 e. The molecule has 0 saturated carbocycles. The molecule has 0 bridgehead atoms. The Morgan fingerprint density at radius 3 is 2.94 bits per heavy atom. The molecule has 0 spiro atoms. The molecule has 1 saturated heterocycles. The van der Waals surface area contributed by atoms with Crippen molar-refractivity contribution in [2.75, 3.05) is 18.5 Å². The Kier molecular flexibility index (Phi) is 3.36. The average Bonchev–Trinajstić information content (AvgIpc) is 2.72. The van der Waals surface area contributed by atoms with Gasteiger partial charge >= 0.3 is 0 Å². The van der Waals surface area contributed by atoms with E-state index in [9.17, 15) is 4.39 Å². The maximum absolute atomic E-state index is 14.0. The third-order valence-corrected chi connectivity index (χ3v) is 3.63. The van der Waals surface area contributed by atoms with Crippen molar-refractivity contribution in [3.05, 3.63) is 28.0 Å². The standard InChI is InChI=1S/C12H12BrFN2O/c1-12(4-5-17-7-12)16-9-3-2-8(6-15)10(13)11(9)14/h2-3,16H,4-5,7H2,1H3. The lowest BCUT2D eigenvalue weighted by Crippen LogP contribution is -2.35. The average molecular weight is 299 g/mol. The molecule has 17 heavy (non-hydrogen) atoms. The van der Waals surface area contributed by atoms with Crippen LogP contribution in [-0.4, -0.2) is 18.8 Å². The number of nitrogens with zero attached hydrogens (tertiary/aromatic N) is 1. The van der Waals surface area contributed by atoms with Crippen LogP contribution in [0, 0.1) is 17.1 Å². The summed E-state index contributed by atoms with van der Waals surface area (Å²) >= 11 is 3.09. The number of rotatable bonds is 2. The van der Waals surface area contributed by atoms with Crippen LogP contribution in [0.15, 0.2) is 16.6 Å². The molecule has 1 heterocycles. The zero-order valence-electron chi connectivity index (χ0n) is 9.39. The number of halogens is 2. The van der Waals surface area contributed by atoms with Gasteiger partial charge < -0.3 is 10.1 Å². The Labute approximate surface area is 108 Å². The fourth-order valence-corrected chi connectivity index (χ4v) is 2.26. The topological polar surface area (TPSA) is 45.0 Å². The first kappa shape index (κ1) is 12.3. The summed E-state index contributed by atoms with van der Waals surface area (Å²) in [5.41, 5.74) is 0.443. The van der Waals surface area contributed by atoms with Gasteiger partial charge in [0.1, 0.15) is 6.07 Å². The summed E-state index contributed by atoms with van der Waals surface area (Å²) in [4.78, 5) is 0. The highest BCUT2D eigenvalue weighted by atomic mass is 79.9. The summed E-state index contributed by atoms with van der Waals surface area (Å²) in [7, 11) is 0. The van der Waals surface area contributed by atoms with Gasteiger partial charge in [-0.1, -0.05) is 0 Å². The second-order valence-corrected chi connectivity index (χ2v) is 5.18. The molecule has 1 N–H and O–H groups in total. The van der Waals surface area contributed by atoms with E-state index in [4.69, 9.17) is 10.00 Å². The third-order valence-electron chi connectivity index (χ3n) is 2.86. The predicted octanol–water partition coefficient (Wildman–Crippen LogP) is 3.05. The molecule has 1 aromatic rings. The molecule has 0 aliphatic carbocycles. The maximum Gasteiger partial charge on any atom is 0.161 e. The number of benzene rings is 1. The van der Waals surface area contributed by atoms with Crippen LogP contribution in [-0.2, 0) is 4.74 Å². The lowest BCUT2D eigenvalue weighted by atomic mass is 10.0. The Bertz CT molecular complexity index is 478. The van der Waals surface area contributed by atoms with Crippen molar-refractivity contribution < 1.29 is 9.13 Å². The van der Waals surface area contributed by atoms with Gasteiger partial charge in [0.15, 0.2) is 5.82 Å². The van der Waals surface area contributed by atoms with Crippen molar-refractivity contribution in [3.63, 3.8) is 0 Å². The van der Waals surface area contributed by atoms with Gasteiger partial charge in [0.05, 0.1) is 27.9 Å². The predicted molar refractivity (Wildman–Crippen MR) is 66.3 cm³/mol. The molecule has 5 heteroatoms. The van der Waals surface area contributed by atoms with Gasteiger partial charge in [0.2, 0.25) is 0 Å². The second-order valence-electron chi connectivity index (χ2n) is 4.39. The molecule has 3 nitrogen and oxygen atoms in total. The van der Waals surface area contributed by atoms with Crippen LogP contribution in [0.4, 0.5) is 10.1 Å². The molecular formula is C12H12BrFN2O. The van der Waals surface area contributed by atoms with Crippen LogP contribution in [0.3, 0.4) is 0 Å². The van der Waals surface area contributed by atoms with Crippen LogP contribution in [0.5, 0.6) is 0 Å². The molecule has 0 aromatic heterocycles. The zero-order valence-corrected chi connectivity index (χ0v) is 11.0. The van der Waals surface area contributed by atoms with E-state index in [1.807, 2.05) is 13.0 Å². The molecule has 0 radical (unpaired) electrons. The van der Waals surface area contributed by atoms with E-state index in [-0.39, 0.29) is 10.0 Å². The SMILES string of the molecule is CC1(Nc2ccc(C#N)c(Br)c2F)CCOC1. The van der Waals surface area contributed by atoms with Crippen LogP contribution < -0.4 is 5.32 Å². The number of ether oxygens (including phenoxy) is 1. The van der Waals surface area contributed by atoms with Gasteiger partial charge in [-0.25, -0.2) is 4.39 Å². The quantitative estimate of drug-likeness (QED) is 0.913. The molecule has 1 aromatic carbocycles. The molecular weight excluding hydrogens is 287 g/mol. The van der Waals surface area contributed by atoms with E-state index in [1.165, 1.54) is 0 Å². The lowest BCUT2D eigenvalue weighted by molar-refractivity contribution is 0.185. The van der Waals surface area contributed by atoms with Crippen LogP contribution >= 0.6 is 15.9 Å². The van der Waals surface area contributed by atoms with Crippen LogP contribution in [0.1, 0.15) is 18.9 Å². The summed E-state index contributed by atoms with van der Waals surface area (Å²) in [6.45, 7) is 3.23. The number of hydrogen-bond acceptors (Lipinski definition) is 3. The Morgan fingerprint density at radius 2 is 2.35 bits per heavy atom. The summed E-state index contributed by atoms with van der Waals surface area (Å²) in [6.07, 6.45) is 0.837. The first-order chi connectivity index (χ1) is 8.06. The van der Waals surface area contributed by atoms with E-state index in [1.54, 1.807) is 12.1 Å². The molecule has 90 valence electrons. The fraction of sp³-hybridized carbons (Fsp3) is 0.417. The van der Waals surface area contributed by atoms with Gasteiger partial charge in [-0.2, -0.15) is 5.26 Å². The molecule has 1 aliphatic heterocycles. The summed E-state index contributed by atoms with van der Waals surface area (Å²) in [5.74, 6) is -0.433. The van der Waals surface area contributed by atoms with Gasteiger partial charge in [0, 0.05) is 6.61 Å². The minimum absolute atomic E-state index is 0.201. The molecule has 1 atom stereocenters. The number of hydrogen-bond donors (Lipinski definition) is 1. The van der Waals surface area contributed by atoms with Crippen molar-refractivity contribution in [1.82, 2.24) is 0 Å². The number of nitrogens with one attached hydrogen (secondary N) is 1. The van der Waals surface area contributed by atoms with E-state index >= 15 is 0 Å². The van der Waals surface area contributed by atoms with E-state index < -0.39 is 5.82 Å². The number of nitriles is 1. The first-order valence-electron chi connectivity index (χ1n) is 5.30. The van der Waals surface area contributed by atoms with Crippen molar-refractivity contribution >= 4 is 21.6 Å². The van der Waals surface area contributed by atoms with Gasteiger partial charge in [-0.15, -0.1) is 0 Å². The molecule has 1 unspecified atom stereocenters. The van der Waals surface area contributed by atoms with Gasteiger partial charge in [-0.05, 0) is 41.4 Å². The highest BCUT2D eigenvalue weighted by Gasteiger charge is 2.30. The Balaban J connectivity index is 2.28.